The Bertz CT molecular complexity index is 919. The number of nitrogens with zero attached hydrogens (tertiary/aromatic N) is 4. The van der Waals surface area contributed by atoms with Crippen molar-refractivity contribution in [3.63, 3.8) is 0 Å². The maximum absolute atomic E-state index is 12.3. The molecule has 3 aromatic rings. The zero-order chi connectivity index (χ0) is 17.1. The van der Waals surface area contributed by atoms with Crippen molar-refractivity contribution >= 4 is 38.9 Å². The smallest absolute Gasteiger partial charge is 0.340 e. The number of esters is 1. The standard InChI is InChI=1S/C17H16N4O2S/c1-4-23-17(22)13-7-10(2)12-8-11(3)24-16(12)15(13)21-20-14-9-18-5-6-19-14/h5-9H,4H2,1-3H3. The monoisotopic (exact) mass is 340 g/mol. The Kier molecular flexibility index (Phi) is 4.61. The molecule has 3 rings (SSSR count). The second-order valence-electron chi connectivity index (χ2n) is 5.17. The lowest BCUT2D eigenvalue weighted by molar-refractivity contribution is 0.0527. The first kappa shape index (κ1) is 16.2. The molecule has 0 N–H and O–H groups in total. The summed E-state index contributed by atoms with van der Waals surface area (Å²) in [5.41, 5.74) is 1.94. The van der Waals surface area contributed by atoms with Gasteiger partial charge in [0.15, 0.2) is 5.82 Å². The van der Waals surface area contributed by atoms with Gasteiger partial charge in [0.1, 0.15) is 5.69 Å². The minimum atomic E-state index is -0.401. The van der Waals surface area contributed by atoms with Crippen molar-refractivity contribution in [2.75, 3.05) is 6.61 Å². The number of rotatable bonds is 4. The molecular formula is C17H16N4O2S. The molecule has 0 aliphatic carbocycles. The molecule has 0 bridgehead atoms. The third-order valence-electron chi connectivity index (χ3n) is 3.41. The number of carbonyl (C=O) groups excluding carboxylic acids is 1. The first-order valence-electron chi connectivity index (χ1n) is 7.48. The highest BCUT2D eigenvalue weighted by Crippen LogP contribution is 2.39. The molecule has 0 saturated heterocycles. The summed E-state index contributed by atoms with van der Waals surface area (Å²) in [5, 5.41) is 9.48. The van der Waals surface area contributed by atoms with E-state index in [1.165, 1.54) is 6.20 Å². The van der Waals surface area contributed by atoms with E-state index < -0.39 is 5.97 Å². The number of benzene rings is 1. The van der Waals surface area contributed by atoms with Gasteiger partial charge >= 0.3 is 5.97 Å². The van der Waals surface area contributed by atoms with Gasteiger partial charge in [-0.3, -0.25) is 4.98 Å². The Morgan fingerprint density at radius 1 is 1.25 bits per heavy atom. The Morgan fingerprint density at radius 3 is 2.79 bits per heavy atom. The molecule has 6 nitrogen and oxygen atoms in total. The van der Waals surface area contributed by atoms with E-state index in [2.05, 4.69) is 26.3 Å². The second kappa shape index (κ2) is 6.84. The van der Waals surface area contributed by atoms with Gasteiger partial charge in [0, 0.05) is 17.3 Å². The normalized spacial score (nSPS) is 11.3. The average Bonchev–Trinajstić information content (AvgIpc) is 2.97. The summed E-state index contributed by atoms with van der Waals surface area (Å²) in [4.78, 5) is 21.5. The van der Waals surface area contributed by atoms with Crippen LogP contribution in [0.4, 0.5) is 11.5 Å². The van der Waals surface area contributed by atoms with Crippen molar-refractivity contribution in [3.8, 4) is 0 Å². The summed E-state index contributed by atoms with van der Waals surface area (Å²) in [5.74, 6) is -0.0176. The van der Waals surface area contributed by atoms with Crippen LogP contribution in [-0.2, 0) is 4.74 Å². The van der Waals surface area contributed by atoms with Crippen LogP contribution < -0.4 is 0 Å². The topological polar surface area (TPSA) is 76.8 Å². The zero-order valence-electron chi connectivity index (χ0n) is 13.6. The number of ether oxygens (including phenoxy) is 1. The van der Waals surface area contributed by atoms with Crippen LogP contribution in [0.3, 0.4) is 0 Å². The van der Waals surface area contributed by atoms with Gasteiger partial charge < -0.3 is 4.74 Å². The fraction of sp³-hybridized carbons (Fsp3) is 0.235. The molecular weight excluding hydrogens is 324 g/mol. The van der Waals surface area contributed by atoms with Crippen molar-refractivity contribution in [1.29, 1.82) is 0 Å². The second-order valence-corrected chi connectivity index (χ2v) is 6.43. The maximum atomic E-state index is 12.3. The number of hydrogen-bond acceptors (Lipinski definition) is 7. The van der Waals surface area contributed by atoms with Gasteiger partial charge in [-0.15, -0.1) is 21.6 Å². The molecule has 0 unspecified atom stereocenters. The molecule has 0 fully saturated rings. The van der Waals surface area contributed by atoms with E-state index in [9.17, 15) is 4.79 Å². The van der Waals surface area contributed by atoms with Gasteiger partial charge in [-0.2, -0.15) is 0 Å². The Labute approximate surface area is 143 Å². The lowest BCUT2D eigenvalue weighted by Gasteiger charge is -2.08. The highest BCUT2D eigenvalue weighted by Gasteiger charge is 2.19. The van der Waals surface area contributed by atoms with E-state index in [1.807, 2.05) is 13.8 Å². The van der Waals surface area contributed by atoms with E-state index in [4.69, 9.17) is 4.74 Å². The molecule has 7 heteroatoms. The fourth-order valence-corrected chi connectivity index (χ4v) is 3.45. The van der Waals surface area contributed by atoms with E-state index in [0.717, 1.165) is 20.5 Å². The van der Waals surface area contributed by atoms with Gasteiger partial charge in [0.05, 0.1) is 23.1 Å². The van der Waals surface area contributed by atoms with E-state index in [0.29, 0.717) is 23.7 Å². The van der Waals surface area contributed by atoms with E-state index >= 15 is 0 Å². The quantitative estimate of drug-likeness (QED) is 0.500. The third-order valence-corrected chi connectivity index (χ3v) is 4.47. The maximum Gasteiger partial charge on any atom is 0.340 e. The summed E-state index contributed by atoms with van der Waals surface area (Å²) in [7, 11) is 0. The number of aromatic nitrogens is 2. The van der Waals surface area contributed by atoms with E-state index in [1.54, 1.807) is 36.7 Å². The van der Waals surface area contributed by atoms with Gasteiger partial charge in [-0.05, 0) is 43.9 Å². The predicted molar refractivity (Wildman–Crippen MR) is 93.5 cm³/mol. The molecule has 0 atom stereocenters. The van der Waals surface area contributed by atoms with Crippen LogP contribution in [0.15, 0.2) is 41.0 Å². The first-order valence-corrected chi connectivity index (χ1v) is 8.30. The molecule has 24 heavy (non-hydrogen) atoms. The Morgan fingerprint density at radius 2 is 2.08 bits per heavy atom. The summed E-state index contributed by atoms with van der Waals surface area (Å²) in [6, 6.07) is 3.89. The SMILES string of the molecule is CCOC(=O)c1cc(C)c2cc(C)sc2c1N=Nc1cnccn1. The van der Waals surface area contributed by atoms with Crippen LogP contribution in [0.25, 0.3) is 10.1 Å². The van der Waals surface area contributed by atoms with E-state index in [-0.39, 0.29) is 0 Å². The highest BCUT2D eigenvalue weighted by molar-refractivity contribution is 7.19. The van der Waals surface area contributed by atoms with Gasteiger partial charge in [0.25, 0.3) is 0 Å². The molecule has 2 aromatic heterocycles. The number of aryl methyl sites for hydroxylation is 2. The largest absolute Gasteiger partial charge is 0.462 e. The number of carbonyl (C=O) groups is 1. The van der Waals surface area contributed by atoms with Crippen molar-refractivity contribution < 1.29 is 9.53 Å². The molecule has 1 aromatic carbocycles. The third kappa shape index (κ3) is 3.16. The van der Waals surface area contributed by atoms with Crippen LogP contribution in [0.1, 0.15) is 27.7 Å². The molecule has 0 spiro atoms. The molecule has 2 heterocycles. The van der Waals surface area contributed by atoms with Crippen LogP contribution in [0.2, 0.25) is 0 Å². The lowest BCUT2D eigenvalue weighted by atomic mass is 10.1. The van der Waals surface area contributed by atoms with Crippen molar-refractivity contribution in [2.24, 2.45) is 10.2 Å². The summed E-state index contributed by atoms with van der Waals surface area (Å²) < 4.78 is 6.09. The molecule has 0 aliphatic heterocycles. The minimum Gasteiger partial charge on any atom is -0.462 e. The molecule has 122 valence electrons. The summed E-state index contributed by atoms with van der Waals surface area (Å²) >= 11 is 1.58. The minimum absolute atomic E-state index is 0.306. The first-order chi connectivity index (χ1) is 11.6. The number of thiophene rings is 1. The molecule has 0 aliphatic rings. The summed E-state index contributed by atoms with van der Waals surface area (Å²) in [6.45, 7) is 6.08. The average molecular weight is 340 g/mol. The lowest BCUT2D eigenvalue weighted by Crippen LogP contribution is -2.05. The van der Waals surface area contributed by atoms with Crippen LogP contribution in [0, 0.1) is 13.8 Å². The van der Waals surface area contributed by atoms with Crippen LogP contribution in [-0.4, -0.2) is 22.5 Å². The molecule has 0 radical (unpaired) electrons. The molecule has 0 saturated carbocycles. The Hall–Kier alpha value is -2.67. The summed E-state index contributed by atoms with van der Waals surface area (Å²) in [6.07, 6.45) is 4.62. The number of hydrogen-bond donors (Lipinski definition) is 0. The van der Waals surface area contributed by atoms with Crippen molar-refractivity contribution in [3.05, 3.63) is 46.7 Å². The number of fused-ring (bicyclic) bond motifs is 1. The van der Waals surface area contributed by atoms with Gasteiger partial charge in [0.2, 0.25) is 0 Å². The van der Waals surface area contributed by atoms with Crippen molar-refractivity contribution in [1.82, 2.24) is 9.97 Å². The fourth-order valence-electron chi connectivity index (χ4n) is 2.38. The van der Waals surface area contributed by atoms with Crippen LogP contribution in [0.5, 0.6) is 0 Å². The highest BCUT2D eigenvalue weighted by atomic mass is 32.1. The van der Waals surface area contributed by atoms with Gasteiger partial charge in [-0.1, -0.05) is 0 Å². The molecule has 0 amide bonds. The van der Waals surface area contributed by atoms with Crippen molar-refractivity contribution in [2.45, 2.75) is 20.8 Å². The Balaban J connectivity index is 2.18. The van der Waals surface area contributed by atoms with Crippen LogP contribution >= 0.6 is 11.3 Å². The van der Waals surface area contributed by atoms with Gasteiger partial charge in [-0.25, -0.2) is 9.78 Å². The predicted octanol–water partition coefficient (Wildman–Crippen LogP) is 4.90. The number of azo groups is 1. The zero-order valence-corrected chi connectivity index (χ0v) is 14.4.